The lowest BCUT2D eigenvalue weighted by molar-refractivity contribution is -0.137. The van der Waals surface area contributed by atoms with E-state index in [-0.39, 0.29) is 10.7 Å². The Morgan fingerprint density at radius 3 is 2.52 bits per heavy atom. The van der Waals surface area contributed by atoms with Crippen LogP contribution in [0, 0.1) is 0 Å². The molecule has 0 spiro atoms. The summed E-state index contributed by atoms with van der Waals surface area (Å²) in [6.45, 7) is 5.88. The molecule has 0 saturated carbocycles. The molecule has 1 saturated heterocycles. The second kappa shape index (κ2) is 6.02. The lowest BCUT2D eigenvalue weighted by Crippen LogP contribution is -2.55. The zero-order valence-corrected chi connectivity index (χ0v) is 12.7. The lowest BCUT2D eigenvalue weighted by Gasteiger charge is -2.41. The number of hydrogen-bond acceptors (Lipinski definition) is 5. The first-order valence-electron chi connectivity index (χ1n) is 6.69. The second-order valence-electron chi connectivity index (χ2n) is 5.08. The van der Waals surface area contributed by atoms with Crippen LogP contribution in [0.25, 0.3) is 0 Å². The molecule has 1 aromatic heterocycles. The number of carbonyl (C=O) groups is 1. The highest BCUT2D eigenvalue weighted by Crippen LogP contribution is 2.35. The summed E-state index contributed by atoms with van der Waals surface area (Å²) in [7, 11) is 0. The number of hydrogen-bond donors (Lipinski definition) is 0. The van der Waals surface area contributed by atoms with Gasteiger partial charge in [0.25, 0.3) is 0 Å². The fraction of sp³-hybridized carbons (Fsp3) is 0.692. The van der Waals surface area contributed by atoms with Crippen LogP contribution in [-0.2, 0) is 10.9 Å². The minimum absolute atomic E-state index is 0.0539. The third kappa shape index (κ3) is 3.27. The van der Waals surface area contributed by atoms with Crippen molar-refractivity contribution in [3.05, 3.63) is 16.1 Å². The summed E-state index contributed by atoms with van der Waals surface area (Å²) in [4.78, 5) is 18.0. The summed E-state index contributed by atoms with van der Waals surface area (Å²) >= 11 is 0.411. The third-order valence-corrected chi connectivity index (χ3v) is 4.90. The van der Waals surface area contributed by atoms with Gasteiger partial charge in [-0.3, -0.25) is 9.69 Å². The van der Waals surface area contributed by atoms with Gasteiger partial charge in [0.2, 0.25) is 0 Å². The van der Waals surface area contributed by atoms with E-state index in [2.05, 4.69) is 4.98 Å². The zero-order valence-electron chi connectivity index (χ0n) is 11.9. The average Bonchev–Trinajstić information content (AvgIpc) is 2.96. The number of thiazole rings is 1. The summed E-state index contributed by atoms with van der Waals surface area (Å²) in [6.07, 6.45) is -2.96. The predicted octanol–water partition coefficient (Wildman–Crippen LogP) is 2.85. The number of ketones is 1. The van der Waals surface area contributed by atoms with Gasteiger partial charge in [-0.05, 0) is 13.3 Å². The number of alkyl halides is 3. The zero-order chi connectivity index (χ0) is 15.7. The molecule has 0 amide bonds. The monoisotopic (exact) mass is 322 g/mol. The van der Waals surface area contributed by atoms with Crippen LogP contribution >= 0.6 is 11.3 Å². The number of nitrogens with zero attached hydrogens (tertiary/aromatic N) is 2. The van der Waals surface area contributed by atoms with Crippen molar-refractivity contribution in [2.24, 2.45) is 0 Å². The van der Waals surface area contributed by atoms with Gasteiger partial charge < -0.3 is 4.74 Å². The van der Waals surface area contributed by atoms with Gasteiger partial charge in [0, 0.05) is 19.3 Å². The van der Waals surface area contributed by atoms with Crippen molar-refractivity contribution in [1.82, 2.24) is 9.88 Å². The molecule has 8 heteroatoms. The number of ether oxygens (including phenoxy) is 1. The van der Waals surface area contributed by atoms with Gasteiger partial charge in [-0.2, -0.15) is 13.2 Å². The largest absolute Gasteiger partial charge is 0.443 e. The van der Waals surface area contributed by atoms with Gasteiger partial charge in [0.05, 0.1) is 23.6 Å². The molecule has 0 N–H and O–H groups in total. The molecule has 1 aliphatic rings. The number of rotatable bonds is 4. The van der Waals surface area contributed by atoms with E-state index in [0.717, 1.165) is 6.20 Å². The van der Waals surface area contributed by atoms with Crippen LogP contribution in [0.1, 0.15) is 34.9 Å². The summed E-state index contributed by atoms with van der Waals surface area (Å²) < 4.78 is 43.1. The Kier molecular flexibility index (Phi) is 4.69. The van der Waals surface area contributed by atoms with E-state index in [1.807, 2.05) is 11.8 Å². The first kappa shape index (κ1) is 16.4. The minimum atomic E-state index is -4.51. The number of aromatic nitrogens is 1. The average molecular weight is 322 g/mol. The molecule has 21 heavy (non-hydrogen) atoms. The highest BCUT2D eigenvalue weighted by molar-refractivity contribution is 7.13. The van der Waals surface area contributed by atoms with Gasteiger partial charge in [-0.15, -0.1) is 11.3 Å². The van der Waals surface area contributed by atoms with Crippen molar-refractivity contribution in [3.8, 4) is 0 Å². The van der Waals surface area contributed by atoms with E-state index < -0.39 is 16.7 Å². The summed E-state index contributed by atoms with van der Waals surface area (Å²) in [5.74, 6) is -0.306. The summed E-state index contributed by atoms with van der Waals surface area (Å²) in [5.41, 5.74) is -0.820. The van der Waals surface area contributed by atoms with Crippen LogP contribution in [0.4, 0.5) is 13.2 Å². The van der Waals surface area contributed by atoms with Crippen molar-refractivity contribution in [3.63, 3.8) is 0 Å². The van der Waals surface area contributed by atoms with Crippen molar-refractivity contribution in [2.75, 3.05) is 26.3 Å². The number of halogens is 3. The lowest BCUT2D eigenvalue weighted by atomic mass is 9.89. The maximum Gasteiger partial charge on any atom is 0.443 e. The Morgan fingerprint density at radius 2 is 2.05 bits per heavy atom. The molecule has 2 heterocycles. The van der Waals surface area contributed by atoms with E-state index >= 15 is 0 Å². The second-order valence-corrected chi connectivity index (χ2v) is 6.11. The Bertz CT molecular complexity index is 512. The maximum atomic E-state index is 12.7. The van der Waals surface area contributed by atoms with Crippen molar-refractivity contribution in [1.29, 1.82) is 0 Å². The van der Waals surface area contributed by atoms with Crippen LogP contribution in [0.15, 0.2) is 6.20 Å². The van der Waals surface area contributed by atoms with E-state index in [1.165, 1.54) is 0 Å². The smallest absolute Gasteiger partial charge is 0.379 e. The quantitative estimate of drug-likeness (QED) is 0.800. The fourth-order valence-electron chi connectivity index (χ4n) is 2.36. The van der Waals surface area contributed by atoms with Crippen LogP contribution in [0.3, 0.4) is 0 Å². The normalized spacial score (nSPS) is 20.2. The van der Waals surface area contributed by atoms with Crippen LogP contribution in [-0.4, -0.2) is 47.5 Å². The van der Waals surface area contributed by atoms with E-state index in [9.17, 15) is 18.0 Å². The molecule has 1 atom stereocenters. The molecule has 1 aliphatic heterocycles. The van der Waals surface area contributed by atoms with Crippen LogP contribution in [0.2, 0.25) is 0 Å². The van der Waals surface area contributed by atoms with Crippen molar-refractivity contribution < 1.29 is 22.7 Å². The van der Waals surface area contributed by atoms with E-state index in [1.54, 1.807) is 6.92 Å². The van der Waals surface area contributed by atoms with E-state index in [4.69, 9.17) is 4.74 Å². The van der Waals surface area contributed by atoms with Crippen molar-refractivity contribution >= 4 is 17.1 Å². The molecular formula is C13H17F3N2O2S. The van der Waals surface area contributed by atoms with Crippen LogP contribution < -0.4 is 0 Å². The SMILES string of the molecule is CCC(C)(C(=O)c1cnc(C(F)(F)F)s1)N1CCOCC1. The molecule has 118 valence electrons. The fourth-order valence-corrected chi connectivity index (χ4v) is 3.21. The molecule has 1 fully saturated rings. The van der Waals surface area contributed by atoms with Gasteiger partial charge in [0.15, 0.2) is 10.8 Å². The molecule has 0 aromatic carbocycles. The van der Waals surface area contributed by atoms with E-state index in [0.29, 0.717) is 44.1 Å². The standard InChI is InChI=1S/C13H17F3N2O2S/c1-3-12(2,18-4-6-20-7-5-18)10(19)9-8-17-11(21-9)13(14,15)16/h8H,3-7H2,1-2H3. The van der Waals surface area contributed by atoms with Crippen molar-refractivity contribution in [2.45, 2.75) is 32.0 Å². The first-order chi connectivity index (χ1) is 9.79. The molecule has 1 unspecified atom stereocenters. The van der Waals surface area contributed by atoms with Crippen LogP contribution in [0.5, 0.6) is 0 Å². The molecule has 0 aliphatic carbocycles. The molecule has 0 radical (unpaired) electrons. The maximum absolute atomic E-state index is 12.7. The predicted molar refractivity (Wildman–Crippen MR) is 72.5 cm³/mol. The summed E-state index contributed by atoms with van der Waals surface area (Å²) in [5, 5.41) is -0.980. The molecule has 0 bridgehead atoms. The third-order valence-electron chi connectivity index (χ3n) is 3.86. The van der Waals surface area contributed by atoms with Gasteiger partial charge in [-0.1, -0.05) is 6.92 Å². The topological polar surface area (TPSA) is 42.4 Å². The Hall–Kier alpha value is -0.990. The molecule has 4 nitrogen and oxygen atoms in total. The highest BCUT2D eigenvalue weighted by Gasteiger charge is 2.41. The number of morpholine rings is 1. The molecule has 1 aromatic rings. The number of Topliss-reactive ketones (excluding diaryl/α,β-unsaturated/α-hetero) is 1. The van der Waals surface area contributed by atoms with Gasteiger partial charge in [0.1, 0.15) is 0 Å². The highest BCUT2D eigenvalue weighted by atomic mass is 32.1. The molecular weight excluding hydrogens is 305 g/mol. The van der Waals surface area contributed by atoms with Gasteiger partial charge >= 0.3 is 6.18 Å². The molecule has 2 rings (SSSR count). The summed E-state index contributed by atoms with van der Waals surface area (Å²) in [6, 6.07) is 0. The Morgan fingerprint density at radius 1 is 1.43 bits per heavy atom. The first-order valence-corrected chi connectivity index (χ1v) is 7.51. The van der Waals surface area contributed by atoms with Gasteiger partial charge in [-0.25, -0.2) is 4.98 Å². The number of carbonyl (C=O) groups excluding carboxylic acids is 1. The minimum Gasteiger partial charge on any atom is -0.379 e. The Labute approximate surface area is 124 Å². The Balaban J connectivity index is 2.25.